The van der Waals surface area contributed by atoms with Crippen molar-refractivity contribution in [3.63, 3.8) is 0 Å². The van der Waals surface area contributed by atoms with Crippen molar-refractivity contribution in [2.24, 2.45) is 5.92 Å². The van der Waals surface area contributed by atoms with Crippen molar-refractivity contribution in [2.75, 3.05) is 6.61 Å². The van der Waals surface area contributed by atoms with Crippen molar-refractivity contribution in [1.29, 1.82) is 0 Å². The second kappa shape index (κ2) is 10.2. The zero-order valence-electron chi connectivity index (χ0n) is 16.3. The van der Waals surface area contributed by atoms with E-state index in [1.807, 2.05) is 0 Å². The quantitative estimate of drug-likeness (QED) is 0.144. The Hall–Kier alpha value is -1.49. The molecule has 2 N–H and O–H groups in total. The summed E-state index contributed by atoms with van der Waals surface area (Å²) in [5, 5.41) is 3.99. The number of esters is 1. The predicted octanol–water partition coefficient (Wildman–Crippen LogP) is 3.37. The van der Waals surface area contributed by atoms with E-state index >= 15 is 0 Å². The van der Waals surface area contributed by atoms with E-state index in [0.29, 0.717) is 12.8 Å². The Balaban J connectivity index is 3.19. The average molecular weight is 506 g/mol. The van der Waals surface area contributed by atoms with Crippen LogP contribution < -0.4 is 0 Å². The van der Waals surface area contributed by atoms with Gasteiger partial charge in [0.05, 0.1) is 12.9 Å². The Kier molecular flexibility index (Phi) is 9.09. The number of alkyl halides is 7. The molecule has 16 heteroatoms. The fourth-order valence-electron chi connectivity index (χ4n) is 2.90. The highest BCUT2D eigenvalue weighted by molar-refractivity contribution is 7.87. The van der Waals surface area contributed by atoms with Gasteiger partial charge in [-0.1, -0.05) is 25.8 Å². The van der Waals surface area contributed by atoms with E-state index in [1.54, 1.807) is 0 Å². The van der Waals surface area contributed by atoms with Crippen LogP contribution in [0.25, 0.3) is 0 Å². The summed E-state index contributed by atoms with van der Waals surface area (Å²) in [4.78, 5) is 12.0. The van der Waals surface area contributed by atoms with Crippen LogP contribution in [0.3, 0.4) is 0 Å². The largest absolute Gasteiger partial charge is 0.455 e. The van der Waals surface area contributed by atoms with Gasteiger partial charge in [-0.3, -0.25) is 4.55 Å². The van der Waals surface area contributed by atoms with E-state index in [9.17, 15) is 49.1 Å². The van der Waals surface area contributed by atoms with E-state index in [0.717, 1.165) is 6.42 Å². The zero-order valence-corrected chi connectivity index (χ0v) is 17.1. The molecular weight excluding hydrogens is 485 g/mol. The van der Waals surface area contributed by atoms with Crippen molar-refractivity contribution < 1.29 is 67.8 Å². The Labute approximate surface area is 178 Å². The van der Waals surface area contributed by atoms with Gasteiger partial charge in [-0.15, -0.1) is 0 Å². The fraction of sp³-hybridized carbons (Fsp3) is 0.812. The standard InChI is InChI=1S/C16H21F7O8S/c1-2-29-12(25)14(15(19,20)21,31-11(24)10-6-4-3-5-7-10)30-9-8-13(17,18)16(22,23)32(26,27)28/h2,10-11,24H,1,3-9H2,(H,26,27,28). The molecule has 1 aliphatic rings. The van der Waals surface area contributed by atoms with Gasteiger partial charge in [0.25, 0.3) is 0 Å². The number of aliphatic hydroxyl groups is 1. The molecule has 0 aliphatic heterocycles. The monoisotopic (exact) mass is 506 g/mol. The van der Waals surface area contributed by atoms with Crippen LogP contribution in [-0.4, -0.2) is 60.1 Å². The van der Waals surface area contributed by atoms with Crippen molar-refractivity contribution >= 4 is 16.1 Å². The van der Waals surface area contributed by atoms with Gasteiger partial charge in [-0.25, -0.2) is 4.79 Å². The number of rotatable bonds is 11. The molecule has 8 nitrogen and oxygen atoms in total. The van der Waals surface area contributed by atoms with E-state index in [1.165, 1.54) is 0 Å². The summed E-state index contributed by atoms with van der Waals surface area (Å²) in [7, 11) is -6.65. The van der Waals surface area contributed by atoms with Crippen LogP contribution in [0.5, 0.6) is 0 Å². The number of ether oxygens (including phenoxy) is 3. The maximum Gasteiger partial charge on any atom is 0.455 e. The van der Waals surface area contributed by atoms with Crippen LogP contribution in [0.2, 0.25) is 0 Å². The summed E-state index contributed by atoms with van der Waals surface area (Å²) in [5.41, 5.74) is 0. The van der Waals surface area contributed by atoms with Gasteiger partial charge in [-0.05, 0) is 12.8 Å². The molecule has 0 aromatic carbocycles. The first-order chi connectivity index (χ1) is 14.4. The molecule has 0 amide bonds. The number of hydrogen-bond donors (Lipinski definition) is 2. The Morgan fingerprint density at radius 3 is 2.06 bits per heavy atom. The van der Waals surface area contributed by atoms with E-state index in [-0.39, 0.29) is 19.1 Å². The minimum Gasteiger partial charge on any atom is -0.431 e. The topological polar surface area (TPSA) is 119 Å². The fourth-order valence-corrected chi connectivity index (χ4v) is 3.38. The molecule has 0 bridgehead atoms. The molecule has 1 rings (SSSR count). The maximum absolute atomic E-state index is 13.8. The number of carbonyl (C=O) groups excluding carboxylic acids is 1. The number of carbonyl (C=O) groups is 1. The van der Waals surface area contributed by atoms with Crippen LogP contribution in [0.15, 0.2) is 12.8 Å². The lowest BCUT2D eigenvalue weighted by Crippen LogP contribution is -2.59. The highest BCUT2D eigenvalue weighted by Crippen LogP contribution is 2.43. The van der Waals surface area contributed by atoms with Gasteiger partial charge in [0.2, 0.25) is 0 Å². The highest BCUT2D eigenvalue weighted by atomic mass is 32.2. The van der Waals surface area contributed by atoms with Gasteiger partial charge in [-0.2, -0.15) is 39.2 Å². The molecule has 0 aromatic rings. The first-order valence-corrected chi connectivity index (χ1v) is 10.5. The van der Waals surface area contributed by atoms with Crippen molar-refractivity contribution in [2.45, 2.75) is 68.0 Å². The third-order valence-corrected chi connectivity index (χ3v) is 5.59. The molecule has 0 heterocycles. The molecule has 0 spiro atoms. The SMILES string of the molecule is C=COC(=O)C(OCCC(F)(F)C(F)(F)S(=O)(=O)O)(OC(O)C1CCCCC1)C(F)(F)F. The highest BCUT2D eigenvalue weighted by Gasteiger charge is 2.68. The summed E-state index contributed by atoms with van der Waals surface area (Å²) < 4.78 is 137. The lowest BCUT2D eigenvalue weighted by atomic mass is 9.89. The van der Waals surface area contributed by atoms with E-state index in [4.69, 9.17) is 4.55 Å². The van der Waals surface area contributed by atoms with Crippen molar-refractivity contribution in [1.82, 2.24) is 0 Å². The minimum absolute atomic E-state index is 0.199. The first kappa shape index (κ1) is 28.5. The van der Waals surface area contributed by atoms with Gasteiger partial charge < -0.3 is 19.3 Å². The Morgan fingerprint density at radius 1 is 1.09 bits per heavy atom. The second-order valence-corrected chi connectivity index (χ2v) is 8.35. The molecule has 0 aromatic heterocycles. The smallest absolute Gasteiger partial charge is 0.431 e. The molecule has 1 fully saturated rings. The van der Waals surface area contributed by atoms with Gasteiger partial charge >= 0.3 is 39.2 Å². The predicted molar refractivity (Wildman–Crippen MR) is 90.8 cm³/mol. The molecule has 2 unspecified atom stereocenters. The molecule has 0 saturated heterocycles. The second-order valence-electron chi connectivity index (χ2n) is 6.89. The van der Waals surface area contributed by atoms with Crippen molar-refractivity contribution in [3.05, 3.63) is 12.8 Å². The van der Waals surface area contributed by atoms with E-state index < -0.39 is 64.5 Å². The Bertz CT molecular complexity index is 765. The molecule has 1 aliphatic carbocycles. The summed E-state index contributed by atoms with van der Waals surface area (Å²) >= 11 is 0. The normalized spacial score (nSPS) is 19.8. The zero-order chi connectivity index (χ0) is 25.0. The third kappa shape index (κ3) is 6.09. The summed E-state index contributed by atoms with van der Waals surface area (Å²) in [6.07, 6.45) is -8.20. The lowest BCUT2D eigenvalue weighted by Gasteiger charge is -2.37. The Morgan fingerprint density at radius 2 is 1.62 bits per heavy atom. The number of halogens is 7. The molecule has 0 radical (unpaired) electrons. The number of aliphatic hydroxyl groups excluding tert-OH is 1. The minimum atomic E-state index is -6.65. The summed E-state index contributed by atoms with van der Waals surface area (Å²) in [5.74, 6) is -13.4. The molecular formula is C16H21F7O8S. The average Bonchev–Trinajstić information content (AvgIpc) is 2.65. The van der Waals surface area contributed by atoms with Crippen LogP contribution in [0, 0.1) is 5.92 Å². The summed E-state index contributed by atoms with van der Waals surface area (Å²) in [6.45, 7) is 0.820. The molecule has 32 heavy (non-hydrogen) atoms. The number of hydrogen-bond acceptors (Lipinski definition) is 7. The van der Waals surface area contributed by atoms with Crippen LogP contribution in [0.1, 0.15) is 38.5 Å². The molecule has 1 saturated carbocycles. The third-order valence-electron chi connectivity index (χ3n) is 4.64. The van der Waals surface area contributed by atoms with Crippen LogP contribution in [-0.2, 0) is 29.1 Å². The van der Waals surface area contributed by atoms with Crippen LogP contribution >= 0.6 is 0 Å². The van der Waals surface area contributed by atoms with Gasteiger partial charge in [0.1, 0.15) is 0 Å². The maximum atomic E-state index is 13.8. The van der Waals surface area contributed by atoms with Crippen LogP contribution in [0.4, 0.5) is 30.7 Å². The van der Waals surface area contributed by atoms with Gasteiger partial charge in [0.15, 0.2) is 6.29 Å². The first-order valence-electron chi connectivity index (χ1n) is 9.04. The molecule has 2 atom stereocenters. The molecule has 188 valence electrons. The lowest BCUT2D eigenvalue weighted by molar-refractivity contribution is -0.401. The van der Waals surface area contributed by atoms with Gasteiger partial charge in [0, 0.05) is 12.3 Å². The summed E-state index contributed by atoms with van der Waals surface area (Å²) in [6, 6.07) is 0. The van der Waals surface area contributed by atoms with Crippen molar-refractivity contribution in [3.8, 4) is 0 Å². The van der Waals surface area contributed by atoms with E-state index in [2.05, 4.69) is 20.8 Å².